The lowest BCUT2D eigenvalue weighted by molar-refractivity contribution is -0.141. The van der Waals surface area contributed by atoms with E-state index in [4.69, 9.17) is 9.47 Å². The molecule has 0 aromatic carbocycles. The van der Waals surface area contributed by atoms with Gasteiger partial charge in [0.2, 0.25) is 0 Å². The van der Waals surface area contributed by atoms with Crippen LogP contribution in [0.1, 0.15) is 66.7 Å². The Bertz CT molecular complexity index is 469. The van der Waals surface area contributed by atoms with Crippen LogP contribution in [0.5, 0.6) is 0 Å². The zero-order valence-corrected chi connectivity index (χ0v) is 18.0. The molecule has 0 aliphatic rings. The van der Waals surface area contributed by atoms with Crippen LogP contribution in [0.4, 0.5) is 0 Å². The van der Waals surface area contributed by atoms with Crippen LogP contribution < -0.4 is 0 Å². The largest absolute Gasteiger partial charge is 0.465 e. The van der Waals surface area contributed by atoms with Gasteiger partial charge < -0.3 is 9.47 Å². The number of allylic oxidation sites excluding steroid dienone is 3. The highest BCUT2D eigenvalue weighted by Crippen LogP contribution is 2.17. The van der Waals surface area contributed by atoms with Gasteiger partial charge in [-0.15, -0.1) is 0 Å². The molecule has 0 amide bonds. The summed E-state index contributed by atoms with van der Waals surface area (Å²) in [6.45, 7) is 10.3. The average Bonchev–Trinajstić information content (AvgIpc) is 2.53. The third-order valence-electron chi connectivity index (χ3n) is 3.95. The van der Waals surface area contributed by atoms with E-state index in [1.807, 2.05) is 17.8 Å². The molecule has 0 bridgehead atoms. The van der Waals surface area contributed by atoms with E-state index in [0.717, 1.165) is 30.8 Å². The van der Waals surface area contributed by atoms with Gasteiger partial charge in [-0.3, -0.25) is 9.59 Å². The Morgan fingerprint density at radius 2 is 1.62 bits per heavy atom. The number of carbonyl (C=O) groups excluding carboxylic acids is 2. The number of esters is 2. The minimum absolute atomic E-state index is 0.198. The molecule has 0 radical (unpaired) electrons. The molecule has 0 rings (SSSR count). The van der Waals surface area contributed by atoms with E-state index in [-0.39, 0.29) is 11.9 Å². The molecule has 0 saturated carbocycles. The standard InChI is InChI=1S/C21H36O4S/c1-17(8-6-10-18(2)12-13-24-20(4)22)9-7-11-19(3)16-26-15-14-25-21(5)23/h8,12,19H,6-7,9-11,13-16H2,1-5H3. The molecule has 0 saturated heterocycles. The minimum Gasteiger partial charge on any atom is -0.465 e. The van der Waals surface area contributed by atoms with Crippen LogP contribution in [0.15, 0.2) is 23.3 Å². The van der Waals surface area contributed by atoms with E-state index in [1.54, 1.807) is 0 Å². The van der Waals surface area contributed by atoms with Crippen molar-refractivity contribution in [1.29, 1.82) is 0 Å². The third kappa shape index (κ3) is 17.6. The number of rotatable bonds is 14. The van der Waals surface area contributed by atoms with Crippen molar-refractivity contribution in [1.82, 2.24) is 0 Å². The van der Waals surface area contributed by atoms with Gasteiger partial charge in [0, 0.05) is 19.6 Å². The maximum atomic E-state index is 10.7. The molecule has 150 valence electrons. The summed E-state index contributed by atoms with van der Waals surface area (Å²) in [5, 5.41) is 0. The van der Waals surface area contributed by atoms with Crippen LogP contribution in [0.2, 0.25) is 0 Å². The molecule has 1 atom stereocenters. The highest BCUT2D eigenvalue weighted by atomic mass is 32.2. The van der Waals surface area contributed by atoms with Crippen molar-refractivity contribution in [2.45, 2.75) is 66.7 Å². The lowest BCUT2D eigenvalue weighted by Crippen LogP contribution is -2.05. The molecule has 26 heavy (non-hydrogen) atoms. The number of hydrogen-bond acceptors (Lipinski definition) is 5. The molecule has 0 aromatic heterocycles. The Morgan fingerprint density at radius 3 is 2.27 bits per heavy atom. The van der Waals surface area contributed by atoms with Gasteiger partial charge in [0.1, 0.15) is 13.2 Å². The van der Waals surface area contributed by atoms with Gasteiger partial charge in [0.15, 0.2) is 0 Å². The zero-order valence-electron chi connectivity index (χ0n) is 17.1. The van der Waals surface area contributed by atoms with Crippen molar-refractivity contribution in [2.24, 2.45) is 5.92 Å². The Hall–Kier alpha value is -1.23. The number of thioether (sulfide) groups is 1. The van der Waals surface area contributed by atoms with Crippen LogP contribution in [0.3, 0.4) is 0 Å². The second-order valence-electron chi connectivity index (χ2n) is 6.85. The van der Waals surface area contributed by atoms with Crippen molar-refractivity contribution in [2.75, 3.05) is 24.7 Å². The summed E-state index contributed by atoms with van der Waals surface area (Å²) >= 11 is 1.86. The highest BCUT2D eigenvalue weighted by Gasteiger charge is 2.03. The summed E-state index contributed by atoms with van der Waals surface area (Å²) in [5.74, 6) is 2.26. The SMILES string of the molecule is CC(=O)OCC=C(C)CCC=C(C)CCCC(C)CSCCOC(C)=O. The molecule has 4 nitrogen and oxygen atoms in total. The fourth-order valence-electron chi connectivity index (χ4n) is 2.39. The van der Waals surface area contributed by atoms with Crippen LogP contribution in [0.25, 0.3) is 0 Å². The second-order valence-corrected chi connectivity index (χ2v) is 8.00. The van der Waals surface area contributed by atoms with Gasteiger partial charge in [-0.05, 0) is 63.7 Å². The molecular formula is C21H36O4S. The van der Waals surface area contributed by atoms with E-state index in [2.05, 4.69) is 26.8 Å². The fraction of sp³-hybridized carbons (Fsp3) is 0.714. The zero-order chi connectivity index (χ0) is 19.8. The Balaban J connectivity index is 3.73. The van der Waals surface area contributed by atoms with Crippen molar-refractivity contribution in [3.63, 3.8) is 0 Å². The maximum Gasteiger partial charge on any atom is 0.302 e. The first-order valence-electron chi connectivity index (χ1n) is 9.47. The van der Waals surface area contributed by atoms with Gasteiger partial charge in [0.25, 0.3) is 0 Å². The van der Waals surface area contributed by atoms with Crippen molar-refractivity contribution in [3.8, 4) is 0 Å². The van der Waals surface area contributed by atoms with Gasteiger partial charge in [0.05, 0.1) is 0 Å². The topological polar surface area (TPSA) is 52.6 Å². The monoisotopic (exact) mass is 384 g/mol. The van der Waals surface area contributed by atoms with Crippen molar-refractivity contribution >= 4 is 23.7 Å². The molecule has 0 aliphatic heterocycles. The molecule has 0 fully saturated rings. The van der Waals surface area contributed by atoms with Crippen molar-refractivity contribution in [3.05, 3.63) is 23.3 Å². The van der Waals surface area contributed by atoms with E-state index in [9.17, 15) is 9.59 Å². The van der Waals surface area contributed by atoms with E-state index < -0.39 is 0 Å². The van der Waals surface area contributed by atoms with Crippen LogP contribution >= 0.6 is 11.8 Å². The summed E-state index contributed by atoms with van der Waals surface area (Å²) in [4.78, 5) is 21.4. The molecule has 0 N–H and O–H groups in total. The van der Waals surface area contributed by atoms with Crippen LogP contribution in [0, 0.1) is 5.92 Å². The first-order valence-corrected chi connectivity index (χ1v) is 10.6. The van der Waals surface area contributed by atoms with Gasteiger partial charge >= 0.3 is 11.9 Å². The molecule has 1 unspecified atom stereocenters. The van der Waals surface area contributed by atoms with E-state index in [1.165, 1.54) is 37.8 Å². The Kier molecular flexibility index (Phi) is 15.2. The number of hydrogen-bond donors (Lipinski definition) is 0. The number of ether oxygens (including phenoxy) is 2. The van der Waals surface area contributed by atoms with Gasteiger partial charge in [-0.1, -0.05) is 24.1 Å². The van der Waals surface area contributed by atoms with Gasteiger partial charge in [-0.2, -0.15) is 11.8 Å². The first-order chi connectivity index (χ1) is 12.3. The quantitative estimate of drug-likeness (QED) is 0.230. The fourth-order valence-corrected chi connectivity index (χ4v) is 3.33. The molecular weight excluding hydrogens is 348 g/mol. The number of carbonyl (C=O) groups is 2. The molecule has 0 spiro atoms. The summed E-state index contributed by atoms with van der Waals surface area (Å²) in [5.41, 5.74) is 2.71. The van der Waals surface area contributed by atoms with E-state index in [0.29, 0.717) is 19.1 Å². The Labute approximate surface area is 163 Å². The third-order valence-corrected chi connectivity index (χ3v) is 5.21. The Morgan fingerprint density at radius 1 is 0.962 bits per heavy atom. The summed E-state index contributed by atoms with van der Waals surface area (Å²) in [6.07, 6.45) is 9.94. The summed E-state index contributed by atoms with van der Waals surface area (Å²) in [6, 6.07) is 0. The summed E-state index contributed by atoms with van der Waals surface area (Å²) < 4.78 is 9.84. The normalized spacial score (nSPS) is 13.4. The van der Waals surface area contributed by atoms with Crippen LogP contribution in [-0.4, -0.2) is 36.7 Å². The lowest BCUT2D eigenvalue weighted by atomic mass is 10.0. The predicted molar refractivity (Wildman–Crippen MR) is 110 cm³/mol. The minimum atomic E-state index is -0.234. The predicted octanol–water partition coefficient (Wildman–Crippen LogP) is 5.33. The smallest absolute Gasteiger partial charge is 0.302 e. The molecule has 0 aromatic rings. The average molecular weight is 385 g/mol. The molecule has 0 heterocycles. The van der Waals surface area contributed by atoms with E-state index >= 15 is 0 Å². The maximum absolute atomic E-state index is 10.7. The lowest BCUT2D eigenvalue weighted by Gasteiger charge is -2.11. The molecule has 0 aliphatic carbocycles. The summed E-state index contributed by atoms with van der Waals surface area (Å²) in [7, 11) is 0. The highest BCUT2D eigenvalue weighted by molar-refractivity contribution is 7.99. The van der Waals surface area contributed by atoms with Crippen molar-refractivity contribution < 1.29 is 19.1 Å². The van der Waals surface area contributed by atoms with Crippen LogP contribution in [-0.2, 0) is 19.1 Å². The second kappa shape index (κ2) is 16.0. The first kappa shape index (κ1) is 24.8. The molecule has 5 heteroatoms. The van der Waals surface area contributed by atoms with Gasteiger partial charge in [-0.25, -0.2) is 0 Å².